The summed E-state index contributed by atoms with van der Waals surface area (Å²) in [6, 6.07) is 1.24. The van der Waals surface area contributed by atoms with Crippen LogP contribution in [-0.4, -0.2) is 91.5 Å². The number of anilines is 1. The number of esters is 2. The number of carbonyl (C=O) groups is 3. The standard InChI is InChI=1S/C50H81N3O16P2/c1-3-5-7-8-9-10-11-12-13-14-15-16-17-20-23-26-30-34-45(55)64-38-42(67-46(56)35-31-27-24-21-18-19-22-25-29-33-41(54)32-28-6-4-2)39-65-70(60,61)69-71(62,63)66-40-43-47(57)48(58)49(68-43)53-37-36-44(51)52-50(53)59/h12-13,15-16,20,22-23,25,29,33,36-37,42-43,47-49,57-58H,3-11,14,17-19,21,24,26-28,30-32,34-35,38-40H2,1-2H3,(H,60,61)(H,62,63)(H2,51,52,59)/b13-12-,16-15-,23-20-,25-22-,33-29+/t42-,43-,47-,48-,49-/m1/s1. The molecule has 0 aliphatic carbocycles. The zero-order valence-electron chi connectivity index (χ0n) is 41.8. The average molecular weight is 1040 g/mol. The van der Waals surface area contributed by atoms with Crippen molar-refractivity contribution in [2.75, 3.05) is 25.6 Å². The van der Waals surface area contributed by atoms with Crippen LogP contribution >= 0.6 is 15.6 Å². The van der Waals surface area contributed by atoms with E-state index in [4.69, 9.17) is 29.0 Å². The van der Waals surface area contributed by atoms with Crippen LogP contribution in [0.1, 0.15) is 168 Å². The Morgan fingerprint density at radius 3 is 1.96 bits per heavy atom. The summed E-state index contributed by atoms with van der Waals surface area (Å²) in [4.78, 5) is 73.7. The maximum atomic E-state index is 12.8. The molecule has 71 heavy (non-hydrogen) atoms. The predicted molar refractivity (Wildman–Crippen MR) is 271 cm³/mol. The second-order valence-corrected chi connectivity index (χ2v) is 20.4. The Hall–Kier alpha value is -3.87. The van der Waals surface area contributed by atoms with Crippen molar-refractivity contribution >= 4 is 39.2 Å². The minimum atomic E-state index is -5.45. The molecule has 1 fully saturated rings. The summed E-state index contributed by atoms with van der Waals surface area (Å²) >= 11 is 0. The van der Waals surface area contributed by atoms with Crippen molar-refractivity contribution in [1.29, 1.82) is 0 Å². The van der Waals surface area contributed by atoms with Crippen molar-refractivity contribution in [1.82, 2.24) is 9.55 Å². The van der Waals surface area contributed by atoms with E-state index in [0.29, 0.717) is 32.1 Å². The van der Waals surface area contributed by atoms with E-state index < -0.39 is 83.7 Å². The van der Waals surface area contributed by atoms with Gasteiger partial charge < -0.3 is 39.9 Å². The predicted octanol–water partition coefficient (Wildman–Crippen LogP) is 9.51. The van der Waals surface area contributed by atoms with E-state index in [1.54, 1.807) is 12.2 Å². The molecule has 0 spiro atoms. The maximum absolute atomic E-state index is 12.8. The van der Waals surface area contributed by atoms with Gasteiger partial charge in [0.25, 0.3) is 0 Å². The molecule has 402 valence electrons. The van der Waals surface area contributed by atoms with E-state index in [-0.39, 0.29) is 24.4 Å². The lowest BCUT2D eigenvalue weighted by molar-refractivity contribution is -0.161. The van der Waals surface area contributed by atoms with Crippen molar-refractivity contribution in [3.05, 3.63) is 83.5 Å². The minimum absolute atomic E-state index is 0.0139. The van der Waals surface area contributed by atoms with Crippen molar-refractivity contribution in [3.63, 3.8) is 0 Å². The van der Waals surface area contributed by atoms with Crippen molar-refractivity contribution < 1.29 is 71.1 Å². The van der Waals surface area contributed by atoms with Gasteiger partial charge in [-0.3, -0.25) is 28.0 Å². The third kappa shape index (κ3) is 30.7. The van der Waals surface area contributed by atoms with Gasteiger partial charge in [-0.1, -0.05) is 133 Å². The third-order valence-electron chi connectivity index (χ3n) is 11.1. The first-order chi connectivity index (χ1) is 34.1. The van der Waals surface area contributed by atoms with Crippen molar-refractivity contribution in [2.45, 2.75) is 192 Å². The molecule has 0 radical (unpaired) electrons. The number of aromatic nitrogens is 2. The minimum Gasteiger partial charge on any atom is -0.462 e. The summed E-state index contributed by atoms with van der Waals surface area (Å²) in [5.41, 5.74) is 4.57. The number of ether oxygens (including phenoxy) is 3. The van der Waals surface area contributed by atoms with Crippen molar-refractivity contribution in [3.8, 4) is 0 Å². The van der Waals surface area contributed by atoms with Gasteiger partial charge in [-0.15, -0.1) is 0 Å². The number of carbonyl (C=O) groups excluding carboxylic acids is 3. The Morgan fingerprint density at radius 2 is 1.28 bits per heavy atom. The number of phosphoric acid groups is 2. The topological polar surface area (TPSA) is 283 Å². The number of aliphatic hydroxyl groups is 2. The Kier molecular flexibility index (Phi) is 33.7. The van der Waals surface area contributed by atoms with Gasteiger partial charge in [0.1, 0.15) is 30.7 Å². The van der Waals surface area contributed by atoms with Gasteiger partial charge in [0, 0.05) is 25.5 Å². The molecule has 1 aliphatic rings. The molecule has 1 aromatic heterocycles. The molecule has 2 rings (SSSR count). The van der Waals surface area contributed by atoms with Crippen LogP contribution in [0.2, 0.25) is 0 Å². The number of allylic oxidation sites excluding steroid dienone is 10. The molecule has 2 heterocycles. The number of nitrogen functional groups attached to an aromatic ring is 1. The number of aliphatic hydroxyl groups excluding tert-OH is 2. The number of nitrogens with two attached hydrogens (primary N) is 1. The molecule has 1 aromatic rings. The van der Waals surface area contributed by atoms with Gasteiger partial charge in [-0.05, 0) is 76.4 Å². The molecule has 0 aromatic carbocycles. The smallest absolute Gasteiger partial charge is 0.462 e. The van der Waals surface area contributed by atoms with Crippen LogP contribution in [0.5, 0.6) is 0 Å². The van der Waals surface area contributed by atoms with Gasteiger partial charge in [0.15, 0.2) is 18.1 Å². The first-order valence-electron chi connectivity index (χ1n) is 25.3. The molecule has 21 heteroatoms. The highest BCUT2D eigenvalue weighted by Crippen LogP contribution is 2.60. The van der Waals surface area contributed by atoms with Crippen LogP contribution in [0.3, 0.4) is 0 Å². The summed E-state index contributed by atoms with van der Waals surface area (Å²) in [5.74, 6) is -1.31. The summed E-state index contributed by atoms with van der Waals surface area (Å²) in [6.45, 7) is 1.90. The maximum Gasteiger partial charge on any atom is 0.481 e. The normalized spacial score (nSPS) is 19.6. The number of hydrogen-bond acceptors (Lipinski definition) is 16. The Balaban J connectivity index is 1.85. The van der Waals surface area contributed by atoms with E-state index in [2.05, 4.69) is 47.4 Å². The molecule has 1 saturated heterocycles. The van der Waals surface area contributed by atoms with E-state index in [1.165, 1.54) is 44.6 Å². The number of nitrogens with zero attached hydrogens (tertiary/aromatic N) is 2. The highest BCUT2D eigenvalue weighted by atomic mass is 31.3. The van der Waals surface area contributed by atoms with Gasteiger partial charge in [0.2, 0.25) is 0 Å². The van der Waals surface area contributed by atoms with Crippen LogP contribution < -0.4 is 11.4 Å². The lowest BCUT2D eigenvalue weighted by Crippen LogP contribution is -2.36. The summed E-state index contributed by atoms with van der Waals surface area (Å²) in [7, 11) is -10.9. The van der Waals surface area contributed by atoms with E-state index in [0.717, 1.165) is 75.0 Å². The molecule has 2 unspecified atom stereocenters. The first kappa shape index (κ1) is 63.2. The van der Waals surface area contributed by atoms with Crippen LogP contribution in [0.25, 0.3) is 0 Å². The van der Waals surface area contributed by atoms with Gasteiger partial charge in [-0.25, -0.2) is 13.9 Å². The van der Waals surface area contributed by atoms with Gasteiger partial charge in [-0.2, -0.15) is 9.29 Å². The number of rotatable bonds is 41. The Morgan fingerprint density at radius 1 is 0.718 bits per heavy atom. The lowest BCUT2D eigenvalue weighted by Gasteiger charge is -2.21. The second kappa shape index (κ2) is 37.8. The van der Waals surface area contributed by atoms with E-state index in [9.17, 15) is 48.3 Å². The van der Waals surface area contributed by atoms with E-state index in [1.807, 2.05) is 24.3 Å². The summed E-state index contributed by atoms with van der Waals surface area (Å²) in [6.07, 6.45) is 32.9. The van der Waals surface area contributed by atoms with Crippen molar-refractivity contribution in [2.24, 2.45) is 0 Å². The van der Waals surface area contributed by atoms with Crippen LogP contribution in [0, 0.1) is 0 Å². The van der Waals surface area contributed by atoms with Crippen LogP contribution in [0.4, 0.5) is 5.82 Å². The number of hydrogen-bond donors (Lipinski definition) is 5. The average Bonchev–Trinajstić information content (AvgIpc) is 3.60. The summed E-state index contributed by atoms with van der Waals surface area (Å²) in [5, 5.41) is 20.9. The molecule has 0 bridgehead atoms. The second-order valence-electron chi connectivity index (χ2n) is 17.3. The molecule has 6 N–H and O–H groups in total. The highest BCUT2D eigenvalue weighted by molar-refractivity contribution is 7.61. The quantitative estimate of drug-likeness (QED) is 0.0102. The number of unbranched alkanes of at least 4 members (excludes halogenated alkanes) is 14. The number of ketones is 1. The molecular weight excluding hydrogens is 961 g/mol. The molecule has 0 amide bonds. The fourth-order valence-corrected chi connectivity index (χ4v) is 9.18. The SMILES string of the molecule is CCCCCCCC/C=C\C/C=C\C/C=C\CCCC(=O)OC[C@H](COP(=O)(O)OP(=O)(O)OC[C@H]1O[C@@H](n2ccc(N)nc2=O)[C@H](O)[C@@H]1O)OC(=O)CCCCCCC/C=C\C=C\C(=O)CCCCC. The zero-order valence-corrected chi connectivity index (χ0v) is 43.5. The molecule has 7 atom stereocenters. The molecule has 1 aliphatic heterocycles. The first-order valence-corrected chi connectivity index (χ1v) is 28.2. The van der Waals surface area contributed by atoms with Gasteiger partial charge >= 0.3 is 33.3 Å². The largest absolute Gasteiger partial charge is 0.481 e. The lowest BCUT2D eigenvalue weighted by atomic mass is 10.1. The third-order valence-corrected chi connectivity index (χ3v) is 13.7. The zero-order chi connectivity index (χ0) is 52.2. The molecular formula is C50H81N3O16P2. The Labute approximate surface area is 419 Å². The monoisotopic (exact) mass is 1040 g/mol. The van der Waals surface area contributed by atoms with Crippen LogP contribution in [0.15, 0.2) is 77.8 Å². The van der Waals surface area contributed by atoms with E-state index >= 15 is 0 Å². The highest BCUT2D eigenvalue weighted by Gasteiger charge is 2.46. The van der Waals surface area contributed by atoms with Gasteiger partial charge in [0.05, 0.1) is 13.2 Å². The fourth-order valence-electron chi connectivity index (χ4n) is 7.07. The molecule has 0 saturated carbocycles. The summed E-state index contributed by atoms with van der Waals surface area (Å²) < 4.78 is 56.6. The Bertz CT molecular complexity index is 1990. The van der Waals surface area contributed by atoms with Crippen LogP contribution in [-0.2, 0) is 51.1 Å². The fraction of sp³-hybridized carbons (Fsp3) is 0.660. The number of phosphoric ester groups is 2. The molecule has 19 nitrogen and oxygen atoms in total.